The van der Waals surface area contributed by atoms with Gasteiger partial charge in [0.1, 0.15) is 6.17 Å². The molecule has 15 heavy (non-hydrogen) atoms. The van der Waals surface area contributed by atoms with E-state index in [1.807, 2.05) is 4.90 Å². The van der Waals surface area contributed by atoms with Crippen LogP contribution in [0.15, 0.2) is 0 Å². The van der Waals surface area contributed by atoms with E-state index in [1.54, 1.807) is 0 Å². The Morgan fingerprint density at radius 2 is 1.93 bits per heavy atom. The van der Waals surface area contributed by atoms with Crippen molar-refractivity contribution in [2.45, 2.75) is 51.1 Å². The lowest BCUT2D eigenvalue weighted by atomic mass is 10.1. The number of piperidine rings is 1. The summed E-state index contributed by atoms with van der Waals surface area (Å²) in [6.07, 6.45) is 6.06. The Balaban J connectivity index is 2.07. The van der Waals surface area contributed by atoms with Gasteiger partial charge in [0.25, 0.3) is 0 Å². The molecular formula is C11H18N2O2. The molecule has 4 nitrogen and oxygen atoms in total. The maximum Gasteiger partial charge on any atom is 0.224 e. The number of rotatable bonds is 0. The van der Waals surface area contributed by atoms with E-state index < -0.39 is 0 Å². The number of nitrogens with zero attached hydrogens (tertiary/aromatic N) is 1. The lowest BCUT2D eigenvalue weighted by molar-refractivity contribution is -0.138. The van der Waals surface area contributed by atoms with Crippen LogP contribution >= 0.6 is 0 Å². The molecule has 2 fully saturated rings. The van der Waals surface area contributed by atoms with Gasteiger partial charge in [-0.2, -0.15) is 0 Å². The molecule has 2 aliphatic heterocycles. The van der Waals surface area contributed by atoms with Gasteiger partial charge in [0.15, 0.2) is 0 Å². The molecule has 4 heteroatoms. The van der Waals surface area contributed by atoms with E-state index in [4.69, 9.17) is 0 Å². The predicted octanol–water partition coefficient (Wildman–Crippen LogP) is 1.02. The summed E-state index contributed by atoms with van der Waals surface area (Å²) >= 11 is 0. The zero-order valence-corrected chi connectivity index (χ0v) is 9.00. The van der Waals surface area contributed by atoms with Crippen molar-refractivity contribution < 1.29 is 9.59 Å². The Morgan fingerprint density at radius 1 is 1.07 bits per heavy atom. The molecule has 0 bridgehead atoms. The predicted molar refractivity (Wildman–Crippen MR) is 56.0 cm³/mol. The first kappa shape index (κ1) is 10.5. The number of hydrogen-bond acceptors (Lipinski definition) is 2. The molecule has 0 aromatic rings. The van der Waals surface area contributed by atoms with Gasteiger partial charge in [0.2, 0.25) is 11.8 Å². The molecule has 0 aliphatic carbocycles. The topological polar surface area (TPSA) is 49.4 Å². The molecule has 2 aliphatic rings. The molecular weight excluding hydrogens is 192 g/mol. The molecule has 1 N–H and O–H groups in total. The van der Waals surface area contributed by atoms with Crippen LogP contribution < -0.4 is 5.32 Å². The van der Waals surface area contributed by atoms with E-state index in [0.717, 1.165) is 38.6 Å². The fourth-order valence-electron chi connectivity index (χ4n) is 2.35. The standard InChI is InChI=1S/C11H18N2O2/c14-10-6-2-1-3-8-13-9(12-10)5-4-7-11(13)15/h9H,1-8H2,(H,12,14). The normalized spacial score (nSPS) is 28.5. The van der Waals surface area contributed by atoms with Crippen LogP contribution in [0.2, 0.25) is 0 Å². The Kier molecular flexibility index (Phi) is 3.23. The Hall–Kier alpha value is -1.06. The number of nitrogens with one attached hydrogen (secondary N) is 1. The SMILES string of the molecule is O=C1CCCCCN2C(=O)CCCC2N1. The van der Waals surface area contributed by atoms with Crippen molar-refractivity contribution in [3.63, 3.8) is 0 Å². The van der Waals surface area contributed by atoms with Gasteiger partial charge < -0.3 is 10.2 Å². The van der Waals surface area contributed by atoms with Crippen molar-refractivity contribution in [2.24, 2.45) is 0 Å². The van der Waals surface area contributed by atoms with Crippen LogP contribution in [-0.2, 0) is 9.59 Å². The second kappa shape index (κ2) is 4.64. The third-order valence-electron chi connectivity index (χ3n) is 3.20. The summed E-state index contributed by atoms with van der Waals surface area (Å²) in [7, 11) is 0. The molecule has 0 radical (unpaired) electrons. The van der Waals surface area contributed by atoms with Crippen molar-refractivity contribution >= 4 is 11.8 Å². The summed E-state index contributed by atoms with van der Waals surface area (Å²) in [5, 5.41) is 2.96. The van der Waals surface area contributed by atoms with Crippen LogP contribution in [0.3, 0.4) is 0 Å². The van der Waals surface area contributed by atoms with E-state index in [0.29, 0.717) is 12.8 Å². The van der Waals surface area contributed by atoms with Gasteiger partial charge in [0, 0.05) is 19.4 Å². The minimum absolute atomic E-state index is 0.0307. The minimum Gasteiger partial charge on any atom is -0.336 e. The fourth-order valence-corrected chi connectivity index (χ4v) is 2.35. The smallest absolute Gasteiger partial charge is 0.224 e. The van der Waals surface area contributed by atoms with Crippen LogP contribution in [0.1, 0.15) is 44.9 Å². The summed E-state index contributed by atoms with van der Waals surface area (Å²) in [6, 6.07) is 0. The Bertz CT molecular complexity index is 265. The van der Waals surface area contributed by atoms with Gasteiger partial charge in [-0.1, -0.05) is 6.42 Å². The lowest BCUT2D eigenvalue weighted by Crippen LogP contribution is -2.53. The van der Waals surface area contributed by atoms with Crippen molar-refractivity contribution in [3.8, 4) is 0 Å². The summed E-state index contributed by atoms with van der Waals surface area (Å²) in [6.45, 7) is 0.809. The molecule has 2 amide bonds. The zero-order chi connectivity index (χ0) is 10.7. The zero-order valence-electron chi connectivity index (χ0n) is 9.00. The molecule has 2 heterocycles. The molecule has 84 valence electrons. The maximum atomic E-state index is 11.7. The number of fused-ring (bicyclic) bond motifs is 1. The largest absolute Gasteiger partial charge is 0.336 e. The van der Waals surface area contributed by atoms with Gasteiger partial charge in [-0.15, -0.1) is 0 Å². The van der Waals surface area contributed by atoms with E-state index in [2.05, 4.69) is 5.32 Å². The second-order valence-corrected chi connectivity index (χ2v) is 4.37. The molecule has 1 atom stereocenters. The highest BCUT2D eigenvalue weighted by atomic mass is 16.2. The second-order valence-electron chi connectivity index (χ2n) is 4.37. The highest BCUT2D eigenvalue weighted by molar-refractivity contribution is 5.80. The highest BCUT2D eigenvalue weighted by Crippen LogP contribution is 2.19. The third kappa shape index (κ3) is 2.49. The van der Waals surface area contributed by atoms with Gasteiger partial charge in [-0.3, -0.25) is 9.59 Å². The number of carbonyl (C=O) groups excluding carboxylic acids is 2. The molecule has 2 saturated heterocycles. The van der Waals surface area contributed by atoms with Crippen molar-refractivity contribution in [1.82, 2.24) is 10.2 Å². The van der Waals surface area contributed by atoms with Gasteiger partial charge >= 0.3 is 0 Å². The van der Waals surface area contributed by atoms with Crippen LogP contribution in [-0.4, -0.2) is 29.4 Å². The maximum absolute atomic E-state index is 11.7. The molecule has 1 unspecified atom stereocenters. The van der Waals surface area contributed by atoms with Crippen molar-refractivity contribution in [1.29, 1.82) is 0 Å². The third-order valence-corrected chi connectivity index (χ3v) is 3.20. The summed E-state index contributed by atoms with van der Waals surface area (Å²) in [5.74, 6) is 0.301. The highest BCUT2D eigenvalue weighted by Gasteiger charge is 2.29. The fraction of sp³-hybridized carbons (Fsp3) is 0.818. The summed E-state index contributed by atoms with van der Waals surface area (Å²) in [4.78, 5) is 25.0. The molecule has 2 rings (SSSR count). The van der Waals surface area contributed by atoms with E-state index >= 15 is 0 Å². The van der Waals surface area contributed by atoms with E-state index in [-0.39, 0.29) is 18.0 Å². The van der Waals surface area contributed by atoms with Crippen LogP contribution in [0, 0.1) is 0 Å². The van der Waals surface area contributed by atoms with Gasteiger partial charge in [-0.05, 0) is 25.7 Å². The molecule has 0 spiro atoms. The lowest BCUT2D eigenvalue weighted by Gasteiger charge is -2.35. The first-order valence-electron chi connectivity index (χ1n) is 5.86. The monoisotopic (exact) mass is 210 g/mol. The number of hydrogen-bond donors (Lipinski definition) is 1. The first-order valence-corrected chi connectivity index (χ1v) is 5.86. The average molecular weight is 210 g/mol. The molecule has 0 saturated carbocycles. The van der Waals surface area contributed by atoms with E-state index in [9.17, 15) is 9.59 Å². The van der Waals surface area contributed by atoms with Crippen molar-refractivity contribution in [2.75, 3.05) is 6.54 Å². The molecule has 0 aromatic carbocycles. The summed E-state index contributed by atoms with van der Waals surface area (Å²) in [5.41, 5.74) is 0. The van der Waals surface area contributed by atoms with Gasteiger partial charge in [0.05, 0.1) is 0 Å². The summed E-state index contributed by atoms with van der Waals surface area (Å²) < 4.78 is 0. The Morgan fingerprint density at radius 3 is 2.80 bits per heavy atom. The Labute approximate surface area is 90.0 Å². The first-order chi connectivity index (χ1) is 7.27. The van der Waals surface area contributed by atoms with Crippen LogP contribution in [0.25, 0.3) is 0 Å². The quantitative estimate of drug-likeness (QED) is 0.649. The minimum atomic E-state index is -0.0307. The van der Waals surface area contributed by atoms with Crippen LogP contribution in [0.4, 0.5) is 0 Å². The van der Waals surface area contributed by atoms with Gasteiger partial charge in [-0.25, -0.2) is 0 Å². The number of carbonyl (C=O) groups is 2. The van der Waals surface area contributed by atoms with E-state index in [1.165, 1.54) is 0 Å². The average Bonchev–Trinajstić information content (AvgIpc) is 2.28. The number of amides is 2. The molecule has 0 aromatic heterocycles. The van der Waals surface area contributed by atoms with Crippen molar-refractivity contribution in [3.05, 3.63) is 0 Å². The van der Waals surface area contributed by atoms with Crippen LogP contribution in [0.5, 0.6) is 0 Å².